The molecule has 0 aromatic carbocycles. The van der Waals surface area contributed by atoms with Crippen molar-refractivity contribution in [2.24, 2.45) is 0 Å². The summed E-state index contributed by atoms with van der Waals surface area (Å²) in [6.45, 7) is 10.3. The summed E-state index contributed by atoms with van der Waals surface area (Å²) in [6.07, 6.45) is 11.9. The Labute approximate surface area is 177 Å². The number of aliphatic hydroxyl groups excluding tert-OH is 2. The molecule has 6 heteroatoms. The van der Waals surface area contributed by atoms with Gasteiger partial charge in [-0.25, -0.2) is 4.79 Å². The lowest BCUT2D eigenvalue weighted by molar-refractivity contribution is -0.528. The molecule has 168 valence electrons. The van der Waals surface area contributed by atoms with Crippen LogP contribution in [0, 0.1) is 0 Å². The summed E-state index contributed by atoms with van der Waals surface area (Å²) in [7, 11) is 0. The number of amidine groups is 1. The van der Waals surface area contributed by atoms with Crippen molar-refractivity contribution in [3.05, 3.63) is 12.2 Å². The van der Waals surface area contributed by atoms with Crippen LogP contribution in [0.3, 0.4) is 0 Å². The largest absolute Gasteiger partial charge is 0.459 e. The van der Waals surface area contributed by atoms with Gasteiger partial charge in [-0.2, -0.15) is 0 Å². The maximum absolute atomic E-state index is 11.5. The Kier molecular flexibility index (Phi) is 13.7. The van der Waals surface area contributed by atoms with E-state index in [4.69, 9.17) is 4.74 Å². The van der Waals surface area contributed by atoms with Crippen molar-refractivity contribution < 1.29 is 24.3 Å². The maximum Gasteiger partial charge on any atom is 0.333 e. The molecule has 0 radical (unpaired) electrons. The molecule has 0 aromatic rings. The number of nitrogens with zero attached hydrogens (tertiary/aromatic N) is 2. The molecule has 1 aliphatic heterocycles. The molecule has 0 bridgehead atoms. The number of aliphatic hydroxyl groups is 2. The molecular formula is C23H43N2O4+. The third-order valence-corrected chi connectivity index (χ3v) is 5.43. The summed E-state index contributed by atoms with van der Waals surface area (Å²) in [6, 6.07) is 0. The van der Waals surface area contributed by atoms with E-state index in [1.54, 1.807) is 6.92 Å². The van der Waals surface area contributed by atoms with Crippen LogP contribution in [-0.2, 0) is 9.53 Å². The molecule has 29 heavy (non-hydrogen) atoms. The standard InChI is InChI=1S/C23H43N2O4/c1-4-5-6-7-8-9-10-11-12-13-22-24(16-17-26)14-15-25(22)18-21(27)19-29-23(28)20(2)3/h21,26-27H,2,4-19H2,1,3H3/q+1. The van der Waals surface area contributed by atoms with Crippen molar-refractivity contribution in [1.29, 1.82) is 0 Å². The third-order valence-electron chi connectivity index (χ3n) is 5.43. The first-order chi connectivity index (χ1) is 14.0. The van der Waals surface area contributed by atoms with Crippen LogP contribution in [0.25, 0.3) is 0 Å². The molecular weight excluding hydrogens is 368 g/mol. The van der Waals surface area contributed by atoms with Crippen molar-refractivity contribution in [2.45, 2.75) is 84.2 Å². The summed E-state index contributed by atoms with van der Waals surface area (Å²) in [5.41, 5.74) is 0.338. The van der Waals surface area contributed by atoms with E-state index in [1.165, 1.54) is 57.2 Å². The van der Waals surface area contributed by atoms with Crippen LogP contribution in [0.1, 0.15) is 78.1 Å². The summed E-state index contributed by atoms with van der Waals surface area (Å²) in [5.74, 6) is 0.735. The van der Waals surface area contributed by atoms with Gasteiger partial charge in [-0.05, 0) is 13.3 Å². The van der Waals surface area contributed by atoms with Gasteiger partial charge in [-0.15, -0.1) is 0 Å². The van der Waals surface area contributed by atoms with Crippen LogP contribution in [0.4, 0.5) is 0 Å². The van der Waals surface area contributed by atoms with Crippen LogP contribution in [0.5, 0.6) is 0 Å². The molecule has 1 unspecified atom stereocenters. The van der Waals surface area contributed by atoms with Crippen molar-refractivity contribution in [3.63, 3.8) is 0 Å². The summed E-state index contributed by atoms with van der Waals surface area (Å²) in [4.78, 5) is 13.7. The van der Waals surface area contributed by atoms with E-state index in [1.807, 2.05) is 0 Å². The second kappa shape index (κ2) is 15.4. The Morgan fingerprint density at radius 2 is 1.79 bits per heavy atom. The van der Waals surface area contributed by atoms with E-state index in [2.05, 4.69) is 23.0 Å². The molecule has 1 rings (SSSR count). The zero-order chi connectivity index (χ0) is 21.5. The molecule has 2 N–H and O–H groups in total. The topological polar surface area (TPSA) is 73.0 Å². The van der Waals surface area contributed by atoms with E-state index in [-0.39, 0.29) is 13.2 Å². The molecule has 0 aromatic heterocycles. The molecule has 0 aliphatic carbocycles. The Hall–Kier alpha value is -1.40. The monoisotopic (exact) mass is 411 g/mol. The fourth-order valence-electron chi connectivity index (χ4n) is 3.77. The third kappa shape index (κ3) is 10.8. The van der Waals surface area contributed by atoms with Gasteiger partial charge in [-0.1, -0.05) is 64.9 Å². The molecule has 0 amide bonds. The molecule has 0 spiro atoms. The van der Waals surface area contributed by atoms with E-state index in [9.17, 15) is 15.0 Å². The number of carbonyl (C=O) groups excluding carboxylic acids is 1. The number of carbonyl (C=O) groups is 1. The van der Waals surface area contributed by atoms with E-state index in [0.29, 0.717) is 18.7 Å². The SMILES string of the molecule is C=C(C)C(=O)OCC(O)C[N+]1=C(CCCCCCCCCCC)N(CCO)CC1. The zero-order valence-electron chi connectivity index (χ0n) is 18.7. The quantitative estimate of drug-likeness (QED) is 0.167. The fraction of sp³-hybridized carbons (Fsp3) is 0.826. The molecule has 6 nitrogen and oxygen atoms in total. The minimum absolute atomic E-state index is 0.0203. The van der Waals surface area contributed by atoms with Crippen LogP contribution < -0.4 is 0 Å². The molecule has 1 aliphatic rings. The van der Waals surface area contributed by atoms with Gasteiger partial charge in [0, 0.05) is 12.0 Å². The number of unbranched alkanes of at least 4 members (excludes halogenated alkanes) is 8. The van der Waals surface area contributed by atoms with Crippen LogP contribution in [0.2, 0.25) is 0 Å². The first-order valence-corrected chi connectivity index (χ1v) is 11.5. The van der Waals surface area contributed by atoms with Crippen molar-refractivity contribution in [3.8, 4) is 0 Å². The van der Waals surface area contributed by atoms with E-state index < -0.39 is 12.1 Å². The zero-order valence-corrected chi connectivity index (χ0v) is 18.7. The van der Waals surface area contributed by atoms with Crippen LogP contribution in [0.15, 0.2) is 12.2 Å². The highest BCUT2D eigenvalue weighted by Crippen LogP contribution is 2.14. The van der Waals surface area contributed by atoms with Crippen LogP contribution >= 0.6 is 0 Å². The molecule has 1 atom stereocenters. The number of ether oxygens (including phenoxy) is 1. The Morgan fingerprint density at radius 3 is 2.38 bits per heavy atom. The molecule has 0 saturated carbocycles. The summed E-state index contributed by atoms with van der Waals surface area (Å²) in [5, 5.41) is 19.6. The van der Waals surface area contributed by atoms with Gasteiger partial charge in [-0.3, -0.25) is 9.48 Å². The number of esters is 1. The van der Waals surface area contributed by atoms with Gasteiger partial charge in [0.15, 0.2) is 0 Å². The van der Waals surface area contributed by atoms with Crippen molar-refractivity contribution in [2.75, 3.05) is 39.4 Å². The highest BCUT2D eigenvalue weighted by Gasteiger charge is 2.30. The lowest BCUT2D eigenvalue weighted by atomic mass is 10.1. The Bertz CT molecular complexity index is 519. The van der Waals surface area contributed by atoms with Crippen molar-refractivity contribution >= 4 is 11.8 Å². The molecule has 0 fully saturated rings. The average molecular weight is 412 g/mol. The highest BCUT2D eigenvalue weighted by atomic mass is 16.5. The van der Waals surface area contributed by atoms with Gasteiger partial charge < -0.3 is 14.9 Å². The van der Waals surface area contributed by atoms with Gasteiger partial charge >= 0.3 is 5.97 Å². The average Bonchev–Trinajstić information content (AvgIpc) is 3.06. The van der Waals surface area contributed by atoms with Gasteiger partial charge in [0.25, 0.3) is 0 Å². The summed E-state index contributed by atoms with van der Waals surface area (Å²) < 4.78 is 7.25. The smallest absolute Gasteiger partial charge is 0.333 e. The predicted molar refractivity (Wildman–Crippen MR) is 117 cm³/mol. The second-order valence-corrected chi connectivity index (χ2v) is 8.18. The van der Waals surface area contributed by atoms with Crippen molar-refractivity contribution in [1.82, 2.24) is 4.90 Å². The van der Waals surface area contributed by atoms with Gasteiger partial charge in [0.1, 0.15) is 38.9 Å². The normalized spacial score (nSPS) is 15.1. The lowest BCUT2D eigenvalue weighted by Crippen LogP contribution is -2.35. The highest BCUT2D eigenvalue weighted by molar-refractivity contribution is 5.86. The minimum atomic E-state index is -0.731. The van der Waals surface area contributed by atoms with E-state index >= 15 is 0 Å². The van der Waals surface area contributed by atoms with Gasteiger partial charge in [0.05, 0.1) is 6.61 Å². The van der Waals surface area contributed by atoms with E-state index in [0.717, 1.165) is 25.9 Å². The lowest BCUT2D eigenvalue weighted by Gasteiger charge is -2.14. The molecule has 0 saturated heterocycles. The first kappa shape index (κ1) is 25.6. The molecule has 1 heterocycles. The number of hydrogen-bond donors (Lipinski definition) is 2. The fourth-order valence-corrected chi connectivity index (χ4v) is 3.77. The Morgan fingerprint density at radius 1 is 1.17 bits per heavy atom. The minimum Gasteiger partial charge on any atom is -0.459 e. The number of β-amino-alcohol motifs (C(OH)–C–C–N with tert-alkyl or cyclic N) is 2. The second-order valence-electron chi connectivity index (χ2n) is 8.18. The number of rotatable bonds is 17. The van der Waals surface area contributed by atoms with Gasteiger partial charge in [0.2, 0.25) is 5.84 Å². The van der Waals surface area contributed by atoms with Crippen LogP contribution in [-0.4, -0.2) is 77.0 Å². The number of hydrogen-bond acceptors (Lipinski definition) is 5. The first-order valence-electron chi connectivity index (χ1n) is 11.5. The summed E-state index contributed by atoms with van der Waals surface area (Å²) >= 11 is 0. The Balaban J connectivity index is 2.41. The maximum atomic E-state index is 11.5. The predicted octanol–water partition coefficient (Wildman–Crippen LogP) is 3.11.